The molecule has 21 heavy (non-hydrogen) atoms. The molecule has 0 unspecified atom stereocenters. The maximum atomic E-state index is 12.4. The minimum Gasteiger partial charge on any atom is -0.397 e. The van der Waals surface area contributed by atoms with E-state index in [1.165, 1.54) is 6.20 Å². The van der Waals surface area contributed by atoms with Crippen LogP contribution in [0.4, 0.5) is 11.4 Å². The number of aryl methyl sites for hydroxylation is 2. The summed E-state index contributed by atoms with van der Waals surface area (Å²) in [5.74, 6) is 4.78. The molecule has 2 aromatic heterocycles. The van der Waals surface area contributed by atoms with Crippen LogP contribution in [0.15, 0.2) is 12.3 Å². The van der Waals surface area contributed by atoms with Crippen molar-refractivity contribution in [2.75, 3.05) is 11.1 Å². The molecule has 0 saturated carbocycles. The molecule has 1 amide bonds. The fourth-order valence-corrected chi connectivity index (χ4v) is 1.98. The van der Waals surface area contributed by atoms with Gasteiger partial charge in [0.25, 0.3) is 5.91 Å². The smallest absolute Gasteiger partial charge is 0.257 e. The van der Waals surface area contributed by atoms with Gasteiger partial charge in [0, 0.05) is 7.05 Å². The number of nitrogen functional groups attached to an aromatic ring is 1. The quantitative estimate of drug-likeness (QED) is 0.711. The maximum Gasteiger partial charge on any atom is 0.257 e. The summed E-state index contributed by atoms with van der Waals surface area (Å²) >= 11 is 0. The number of aromatic nitrogens is 3. The van der Waals surface area contributed by atoms with Gasteiger partial charge in [-0.3, -0.25) is 19.3 Å². The molecule has 2 heterocycles. The molecule has 0 atom stereocenters. The van der Waals surface area contributed by atoms with E-state index < -0.39 is 0 Å². The van der Waals surface area contributed by atoms with Gasteiger partial charge in [-0.15, -0.1) is 0 Å². The van der Waals surface area contributed by atoms with Gasteiger partial charge < -0.3 is 11.1 Å². The number of rotatable bonds is 4. The Bertz CT molecular complexity index is 680. The molecule has 0 aromatic carbocycles. The predicted molar refractivity (Wildman–Crippen MR) is 78.3 cm³/mol. The lowest BCUT2D eigenvalue weighted by Gasteiger charge is -2.09. The Balaban J connectivity index is 2.33. The van der Waals surface area contributed by atoms with E-state index in [0.717, 1.165) is 5.69 Å². The van der Waals surface area contributed by atoms with E-state index in [2.05, 4.69) is 20.2 Å². The predicted octanol–water partition coefficient (Wildman–Crippen LogP) is 0.657. The van der Waals surface area contributed by atoms with Crippen molar-refractivity contribution in [3.05, 3.63) is 34.9 Å². The molecule has 0 aliphatic heterocycles. The molecule has 0 radical (unpaired) electrons. The monoisotopic (exact) mass is 290 g/mol. The first-order chi connectivity index (χ1) is 9.93. The summed E-state index contributed by atoms with van der Waals surface area (Å²) in [5, 5.41) is 7.06. The van der Waals surface area contributed by atoms with E-state index >= 15 is 0 Å². The van der Waals surface area contributed by atoms with Crippen LogP contribution >= 0.6 is 0 Å². The molecule has 8 nitrogen and oxygen atoms in total. The first-order valence-corrected chi connectivity index (χ1v) is 6.31. The van der Waals surface area contributed by atoms with Crippen LogP contribution in [0.1, 0.15) is 27.4 Å². The molecule has 2 aromatic rings. The van der Waals surface area contributed by atoms with Crippen molar-refractivity contribution in [1.29, 1.82) is 0 Å². The van der Waals surface area contributed by atoms with Crippen molar-refractivity contribution in [3.63, 3.8) is 0 Å². The summed E-state index contributed by atoms with van der Waals surface area (Å²) in [7, 11) is 1.78. The number of nitrogens with two attached hydrogens (primary N) is 2. The van der Waals surface area contributed by atoms with E-state index in [1.54, 1.807) is 24.7 Å². The van der Waals surface area contributed by atoms with E-state index in [-0.39, 0.29) is 12.5 Å². The summed E-state index contributed by atoms with van der Waals surface area (Å²) < 4.78 is 1.65. The maximum absolute atomic E-state index is 12.4. The Morgan fingerprint density at radius 1 is 1.48 bits per heavy atom. The van der Waals surface area contributed by atoms with Gasteiger partial charge in [0.15, 0.2) is 0 Å². The van der Waals surface area contributed by atoms with Crippen LogP contribution in [0, 0.1) is 13.8 Å². The average molecular weight is 290 g/mol. The third kappa shape index (κ3) is 3.01. The van der Waals surface area contributed by atoms with Crippen molar-refractivity contribution in [2.24, 2.45) is 12.9 Å². The normalized spacial score (nSPS) is 10.7. The Morgan fingerprint density at radius 3 is 2.86 bits per heavy atom. The van der Waals surface area contributed by atoms with Gasteiger partial charge in [-0.1, -0.05) is 0 Å². The Labute approximate surface area is 122 Å². The van der Waals surface area contributed by atoms with Crippen molar-refractivity contribution >= 4 is 17.3 Å². The molecule has 0 aliphatic rings. The minimum atomic E-state index is -0.304. The van der Waals surface area contributed by atoms with Gasteiger partial charge in [-0.2, -0.15) is 5.10 Å². The van der Waals surface area contributed by atoms with Crippen LogP contribution in [-0.4, -0.2) is 20.7 Å². The second kappa shape index (κ2) is 5.90. The number of carbonyl (C=O) groups is 1. The number of hydrogen-bond donors (Lipinski definition) is 3. The van der Waals surface area contributed by atoms with Gasteiger partial charge in [0.05, 0.1) is 34.5 Å². The van der Waals surface area contributed by atoms with Crippen LogP contribution in [0.5, 0.6) is 0 Å². The number of nitrogens with zero attached hydrogens (tertiary/aromatic N) is 3. The lowest BCUT2D eigenvalue weighted by molar-refractivity contribution is 0.102. The molecule has 0 aliphatic carbocycles. The molecular formula is C13H18N6O2. The third-order valence-electron chi connectivity index (χ3n) is 3.22. The van der Waals surface area contributed by atoms with Gasteiger partial charge in [-0.05, 0) is 19.9 Å². The lowest BCUT2D eigenvalue weighted by atomic mass is 10.1. The summed E-state index contributed by atoms with van der Waals surface area (Å²) in [6.45, 7) is 3.69. The van der Waals surface area contributed by atoms with Crippen molar-refractivity contribution in [1.82, 2.24) is 14.8 Å². The van der Waals surface area contributed by atoms with Crippen LogP contribution in [0.3, 0.4) is 0 Å². The third-order valence-corrected chi connectivity index (χ3v) is 3.22. The molecule has 0 spiro atoms. The second-order valence-electron chi connectivity index (χ2n) is 4.70. The van der Waals surface area contributed by atoms with Crippen molar-refractivity contribution < 1.29 is 9.63 Å². The van der Waals surface area contributed by atoms with Crippen molar-refractivity contribution in [2.45, 2.75) is 20.5 Å². The fourth-order valence-electron chi connectivity index (χ4n) is 1.98. The summed E-state index contributed by atoms with van der Waals surface area (Å²) in [4.78, 5) is 21.1. The van der Waals surface area contributed by atoms with E-state index in [1.807, 2.05) is 6.92 Å². The van der Waals surface area contributed by atoms with E-state index in [9.17, 15) is 4.79 Å². The highest BCUT2D eigenvalue weighted by Gasteiger charge is 2.18. The molecular weight excluding hydrogens is 272 g/mol. The topological polar surface area (TPSA) is 121 Å². The first kappa shape index (κ1) is 14.9. The Hall–Kier alpha value is -2.45. The first-order valence-electron chi connectivity index (χ1n) is 6.31. The largest absolute Gasteiger partial charge is 0.397 e. The molecule has 5 N–H and O–H groups in total. The van der Waals surface area contributed by atoms with Gasteiger partial charge >= 0.3 is 0 Å². The zero-order valence-corrected chi connectivity index (χ0v) is 12.2. The average Bonchev–Trinajstić information content (AvgIpc) is 2.70. The van der Waals surface area contributed by atoms with Crippen molar-refractivity contribution in [3.8, 4) is 0 Å². The van der Waals surface area contributed by atoms with Crippen LogP contribution in [-0.2, 0) is 18.5 Å². The fraction of sp³-hybridized carbons (Fsp3) is 0.308. The molecule has 2 rings (SSSR count). The zero-order valence-electron chi connectivity index (χ0n) is 12.2. The summed E-state index contributed by atoms with van der Waals surface area (Å²) in [6.07, 6.45) is 1.51. The van der Waals surface area contributed by atoms with E-state index in [4.69, 9.17) is 11.6 Å². The second-order valence-corrected chi connectivity index (χ2v) is 4.70. The number of hydrogen-bond acceptors (Lipinski definition) is 6. The van der Waals surface area contributed by atoms with Gasteiger partial charge in [-0.25, -0.2) is 5.90 Å². The molecule has 0 saturated heterocycles. The van der Waals surface area contributed by atoms with Crippen LogP contribution in [0.25, 0.3) is 0 Å². The van der Waals surface area contributed by atoms with E-state index in [0.29, 0.717) is 28.3 Å². The van der Waals surface area contributed by atoms with Crippen LogP contribution in [0.2, 0.25) is 0 Å². The minimum absolute atomic E-state index is 0.103. The standard InChI is InChI=1S/C13H18N6O2/c1-7-10(4-9(14)5-16-7)13(20)17-12-8(2)19(3)18-11(12)6-21-15/h4-5H,6,14-15H2,1-3H3,(H,17,20). The summed E-state index contributed by atoms with van der Waals surface area (Å²) in [6, 6.07) is 1.59. The molecule has 112 valence electrons. The Kier molecular flexibility index (Phi) is 4.20. The Morgan fingerprint density at radius 2 is 2.19 bits per heavy atom. The number of nitrogens with one attached hydrogen (secondary N) is 1. The highest BCUT2D eigenvalue weighted by molar-refractivity contribution is 6.06. The SMILES string of the molecule is Cc1ncc(N)cc1C(=O)Nc1c(CON)nn(C)c1C. The lowest BCUT2D eigenvalue weighted by Crippen LogP contribution is -2.16. The number of pyridine rings is 1. The number of amides is 1. The van der Waals surface area contributed by atoms with Gasteiger partial charge in [0.1, 0.15) is 12.3 Å². The number of anilines is 2. The highest BCUT2D eigenvalue weighted by Crippen LogP contribution is 2.21. The van der Waals surface area contributed by atoms with Crippen LogP contribution < -0.4 is 16.9 Å². The molecule has 0 bridgehead atoms. The van der Waals surface area contributed by atoms with Gasteiger partial charge in [0.2, 0.25) is 0 Å². The zero-order chi connectivity index (χ0) is 15.6. The highest BCUT2D eigenvalue weighted by atomic mass is 16.6. The molecule has 0 fully saturated rings. The summed E-state index contributed by atoms with van der Waals surface area (Å²) in [5.41, 5.74) is 9.05. The number of carbonyl (C=O) groups excluding carboxylic acids is 1. The molecule has 8 heteroatoms.